The van der Waals surface area contributed by atoms with Crippen LogP contribution in [-0.4, -0.2) is 45.3 Å². The van der Waals surface area contributed by atoms with E-state index in [4.69, 9.17) is 0 Å². The maximum absolute atomic E-state index is 12.2. The molecule has 2 atom stereocenters. The molecule has 1 N–H and O–H groups in total. The van der Waals surface area contributed by atoms with E-state index in [0.29, 0.717) is 18.7 Å². The third kappa shape index (κ3) is 4.22. The van der Waals surface area contributed by atoms with Crippen LogP contribution in [0.2, 0.25) is 0 Å². The molecule has 1 amide bonds. The lowest BCUT2D eigenvalue weighted by atomic mass is 9.83. The quantitative estimate of drug-likeness (QED) is 0.842. The number of carbonyl (C=O) groups is 3. The SMILES string of the molecule is CC(=O)SCC1CC(=O)N([C@H](C(=O)O)C2CCCCC2)C1. The van der Waals surface area contributed by atoms with Gasteiger partial charge in [0.2, 0.25) is 5.91 Å². The molecule has 1 aliphatic heterocycles. The fourth-order valence-corrected chi connectivity index (χ4v) is 4.16. The minimum atomic E-state index is -0.880. The molecule has 21 heavy (non-hydrogen) atoms. The molecule has 1 aliphatic carbocycles. The van der Waals surface area contributed by atoms with E-state index in [2.05, 4.69) is 0 Å². The summed E-state index contributed by atoms with van der Waals surface area (Å²) in [7, 11) is 0. The zero-order valence-corrected chi connectivity index (χ0v) is 13.2. The zero-order chi connectivity index (χ0) is 15.4. The molecular weight excluding hydrogens is 290 g/mol. The molecule has 0 bridgehead atoms. The Balaban J connectivity index is 2.01. The van der Waals surface area contributed by atoms with E-state index in [1.165, 1.54) is 18.7 Å². The topological polar surface area (TPSA) is 74.7 Å². The Kier molecular flexibility index (Phi) is 5.67. The Morgan fingerprint density at radius 2 is 2.00 bits per heavy atom. The Morgan fingerprint density at radius 1 is 1.33 bits per heavy atom. The molecule has 0 spiro atoms. The summed E-state index contributed by atoms with van der Waals surface area (Å²) >= 11 is 1.22. The summed E-state index contributed by atoms with van der Waals surface area (Å²) in [6.45, 7) is 1.99. The highest BCUT2D eigenvalue weighted by atomic mass is 32.2. The predicted octanol–water partition coefficient (Wildman–Crippen LogP) is 2.15. The second-order valence-corrected chi connectivity index (χ2v) is 7.30. The summed E-state index contributed by atoms with van der Waals surface area (Å²) in [5.74, 6) is -0.164. The van der Waals surface area contributed by atoms with Gasteiger partial charge >= 0.3 is 5.97 Å². The number of nitrogens with zero attached hydrogens (tertiary/aromatic N) is 1. The zero-order valence-electron chi connectivity index (χ0n) is 12.4. The highest BCUT2D eigenvalue weighted by Crippen LogP contribution is 2.33. The van der Waals surface area contributed by atoms with E-state index in [0.717, 1.165) is 32.1 Å². The van der Waals surface area contributed by atoms with Crippen molar-refractivity contribution in [3.05, 3.63) is 0 Å². The fourth-order valence-electron chi connectivity index (χ4n) is 3.46. The number of rotatable bonds is 5. The Morgan fingerprint density at radius 3 is 2.57 bits per heavy atom. The van der Waals surface area contributed by atoms with Crippen molar-refractivity contribution >= 4 is 28.8 Å². The number of hydrogen-bond donors (Lipinski definition) is 1. The molecule has 5 nitrogen and oxygen atoms in total. The highest BCUT2D eigenvalue weighted by molar-refractivity contribution is 8.13. The van der Waals surface area contributed by atoms with Gasteiger partial charge in [-0.25, -0.2) is 4.79 Å². The fraction of sp³-hybridized carbons (Fsp3) is 0.800. The van der Waals surface area contributed by atoms with Crippen LogP contribution in [0.15, 0.2) is 0 Å². The molecule has 2 aliphatic rings. The van der Waals surface area contributed by atoms with Gasteiger partial charge in [-0.3, -0.25) is 9.59 Å². The number of thioether (sulfide) groups is 1. The molecule has 1 saturated carbocycles. The van der Waals surface area contributed by atoms with Crippen LogP contribution in [0.25, 0.3) is 0 Å². The Bertz CT molecular complexity index is 420. The first-order valence-corrected chi connectivity index (χ1v) is 8.63. The van der Waals surface area contributed by atoms with E-state index in [1.54, 1.807) is 4.90 Å². The summed E-state index contributed by atoms with van der Waals surface area (Å²) in [5.41, 5.74) is 0. The van der Waals surface area contributed by atoms with Gasteiger partial charge in [-0.05, 0) is 24.7 Å². The van der Waals surface area contributed by atoms with Gasteiger partial charge < -0.3 is 10.0 Å². The van der Waals surface area contributed by atoms with Crippen LogP contribution in [0.1, 0.15) is 45.4 Å². The molecule has 1 heterocycles. The van der Waals surface area contributed by atoms with Crippen molar-refractivity contribution in [1.29, 1.82) is 0 Å². The van der Waals surface area contributed by atoms with Crippen molar-refractivity contribution in [1.82, 2.24) is 4.90 Å². The second kappa shape index (κ2) is 7.29. The monoisotopic (exact) mass is 313 g/mol. The molecule has 1 unspecified atom stereocenters. The number of carbonyl (C=O) groups excluding carboxylic acids is 2. The lowest BCUT2D eigenvalue weighted by Gasteiger charge is -2.33. The predicted molar refractivity (Wildman–Crippen MR) is 81.0 cm³/mol. The standard InChI is InChI=1S/C15H23NO4S/c1-10(17)21-9-11-7-13(18)16(8-11)14(15(19)20)12-5-3-2-4-6-12/h11-12,14H,2-9H2,1H3,(H,19,20)/t11?,14-/m0/s1. The summed E-state index contributed by atoms with van der Waals surface area (Å²) in [6, 6.07) is -0.676. The van der Waals surface area contributed by atoms with Crippen LogP contribution in [0.5, 0.6) is 0 Å². The first kappa shape index (κ1) is 16.3. The minimum absolute atomic E-state index is 0.0444. The number of aliphatic carboxylic acids is 1. The van der Waals surface area contributed by atoms with Crippen molar-refractivity contribution in [2.75, 3.05) is 12.3 Å². The van der Waals surface area contributed by atoms with Crippen molar-refractivity contribution in [2.24, 2.45) is 11.8 Å². The molecule has 6 heteroatoms. The van der Waals surface area contributed by atoms with Crippen molar-refractivity contribution in [3.63, 3.8) is 0 Å². The van der Waals surface area contributed by atoms with E-state index < -0.39 is 12.0 Å². The highest BCUT2D eigenvalue weighted by Gasteiger charge is 2.41. The molecule has 118 valence electrons. The number of carboxylic acid groups (broad SMARTS) is 1. The Hall–Kier alpha value is -1.04. The van der Waals surface area contributed by atoms with Crippen molar-refractivity contribution in [2.45, 2.75) is 51.5 Å². The summed E-state index contributed by atoms with van der Waals surface area (Å²) in [4.78, 5) is 36.4. The second-order valence-electron chi connectivity index (χ2n) is 6.10. The number of likely N-dealkylation sites (tertiary alicyclic amines) is 1. The summed E-state index contributed by atoms with van der Waals surface area (Å²) in [6.07, 6.45) is 5.44. The molecule has 2 fully saturated rings. The average molecular weight is 313 g/mol. The minimum Gasteiger partial charge on any atom is -0.480 e. The maximum atomic E-state index is 12.2. The van der Waals surface area contributed by atoms with Crippen molar-refractivity contribution < 1.29 is 19.5 Å². The normalized spacial score (nSPS) is 25.1. The van der Waals surface area contributed by atoms with Gasteiger partial charge in [0.25, 0.3) is 0 Å². The maximum Gasteiger partial charge on any atom is 0.326 e. The molecule has 0 aromatic carbocycles. The number of carboxylic acids is 1. The van der Waals surface area contributed by atoms with Gasteiger partial charge in [0.05, 0.1) is 0 Å². The smallest absolute Gasteiger partial charge is 0.326 e. The van der Waals surface area contributed by atoms with Crippen LogP contribution < -0.4 is 0 Å². The van der Waals surface area contributed by atoms with Gasteiger partial charge in [-0.2, -0.15) is 0 Å². The molecule has 0 aromatic heterocycles. The third-order valence-electron chi connectivity index (χ3n) is 4.45. The lowest BCUT2D eigenvalue weighted by molar-refractivity contribution is -0.151. The van der Waals surface area contributed by atoms with Gasteiger partial charge in [0.1, 0.15) is 6.04 Å². The third-order valence-corrected chi connectivity index (χ3v) is 5.49. The van der Waals surface area contributed by atoms with Crippen LogP contribution in [0, 0.1) is 11.8 Å². The first-order chi connectivity index (χ1) is 9.99. The van der Waals surface area contributed by atoms with Gasteiger partial charge in [-0.15, -0.1) is 0 Å². The van der Waals surface area contributed by atoms with Gasteiger partial charge in [0, 0.05) is 25.6 Å². The molecule has 0 aromatic rings. The molecule has 0 radical (unpaired) electrons. The van der Waals surface area contributed by atoms with Crippen LogP contribution in [-0.2, 0) is 14.4 Å². The number of hydrogen-bond acceptors (Lipinski definition) is 4. The van der Waals surface area contributed by atoms with Gasteiger partial charge in [0.15, 0.2) is 5.12 Å². The van der Waals surface area contributed by atoms with Gasteiger partial charge in [-0.1, -0.05) is 31.0 Å². The van der Waals surface area contributed by atoms with Crippen LogP contribution >= 0.6 is 11.8 Å². The van der Waals surface area contributed by atoms with Crippen molar-refractivity contribution in [3.8, 4) is 0 Å². The molecular formula is C15H23NO4S. The van der Waals surface area contributed by atoms with Crippen LogP contribution in [0.3, 0.4) is 0 Å². The van der Waals surface area contributed by atoms with E-state index in [-0.39, 0.29) is 22.9 Å². The first-order valence-electron chi connectivity index (χ1n) is 7.64. The average Bonchev–Trinajstić information content (AvgIpc) is 2.79. The summed E-state index contributed by atoms with van der Waals surface area (Å²) < 4.78 is 0. The van der Waals surface area contributed by atoms with E-state index in [1.807, 2.05) is 0 Å². The molecule has 1 saturated heterocycles. The van der Waals surface area contributed by atoms with E-state index >= 15 is 0 Å². The van der Waals surface area contributed by atoms with E-state index in [9.17, 15) is 19.5 Å². The number of amides is 1. The lowest BCUT2D eigenvalue weighted by Crippen LogP contribution is -2.47. The van der Waals surface area contributed by atoms with Crippen LogP contribution in [0.4, 0.5) is 0 Å². The summed E-state index contributed by atoms with van der Waals surface area (Å²) in [5, 5.41) is 9.60. The Labute approximate surface area is 129 Å². The molecule has 2 rings (SSSR count). The largest absolute Gasteiger partial charge is 0.480 e.